The van der Waals surface area contributed by atoms with Crippen LogP contribution in [0.25, 0.3) is 0 Å². The maximum Gasteiger partial charge on any atom is 0.253 e. The van der Waals surface area contributed by atoms with Gasteiger partial charge in [-0.1, -0.05) is 18.2 Å². The molecule has 0 saturated carbocycles. The fraction of sp³-hybridized carbons (Fsp3) is 0.333. The normalized spacial score (nSPS) is 15.9. The van der Waals surface area contributed by atoms with Crippen LogP contribution in [0.3, 0.4) is 0 Å². The number of amides is 2. The highest BCUT2D eigenvalue weighted by Gasteiger charge is 2.22. The maximum atomic E-state index is 12.7. The lowest BCUT2D eigenvalue weighted by Crippen LogP contribution is -2.35. The van der Waals surface area contributed by atoms with Crippen LogP contribution in [-0.2, 0) is 11.3 Å². The Kier molecular flexibility index (Phi) is 5.43. The van der Waals surface area contributed by atoms with E-state index in [0.29, 0.717) is 29.3 Å². The Morgan fingerprint density at radius 3 is 2.68 bits per heavy atom. The first kappa shape index (κ1) is 18.3. The molecule has 0 bridgehead atoms. The third-order valence-electron chi connectivity index (χ3n) is 5.03. The van der Waals surface area contributed by atoms with Crippen molar-refractivity contribution < 1.29 is 19.1 Å². The number of nitrogens with one attached hydrogen (secondary N) is 3. The third-order valence-corrected chi connectivity index (χ3v) is 5.03. The van der Waals surface area contributed by atoms with Crippen LogP contribution in [0.2, 0.25) is 0 Å². The van der Waals surface area contributed by atoms with E-state index in [0.717, 1.165) is 31.5 Å². The summed E-state index contributed by atoms with van der Waals surface area (Å²) in [5.41, 5.74) is 1.90. The summed E-state index contributed by atoms with van der Waals surface area (Å²) >= 11 is 0. The predicted molar refractivity (Wildman–Crippen MR) is 104 cm³/mol. The van der Waals surface area contributed by atoms with Gasteiger partial charge in [-0.15, -0.1) is 0 Å². The zero-order valence-electron chi connectivity index (χ0n) is 15.5. The molecule has 2 aliphatic heterocycles. The quantitative estimate of drug-likeness (QED) is 0.740. The van der Waals surface area contributed by atoms with Crippen LogP contribution in [-0.4, -0.2) is 31.7 Å². The van der Waals surface area contributed by atoms with Crippen molar-refractivity contribution >= 4 is 17.5 Å². The van der Waals surface area contributed by atoms with Gasteiger partial charge in [-0.2, -0.15) is 0 Å². The number of carbonyl (C=O) groups excluding carboxylic acids is 2. The second kappa shape index (κ2) is 8.31. The molecule has 2 aromatic rings. The molecule has 0 unspecified atom stereocenters. The first-order valence-corrected chi connectivity index (χ1v) is 9.48. The zero-order chi connectivity index (χ0) is 19.3. The number of hydrogen-bond acceptors (Lipinski definition) is 5. The van der Waals surface area contributed by atoms with E-state index in [1.165, 1.54) is 0 Å². The monoisotopic (exact) mass is 381 g/mol. The van der Waals surface area contributed by atoms with Gasteiger partial charge in [-0.05, 0) is 55.8 Å². The Morgan fingerprint density at radius 1 is 1.04 bits per heavy atom. The van der Waals surface area contributed by atoms with E-state index in [9.17, 15) is 9.59 Å². The summed E-state index contributed by atoms with van der Waals surface area (Å²) in [4.78, 5) is 25.2. The molecule has 0 aromatic heterocycles. The highest BCUT2D eigenvalue weighted by Crippen LogP contribution is 2.32. The molecule has 3 N–H and O–H groups in total. The summed E-state index contributed by atoms with van der Waals surface area (Å²) in [5.74, 6) is 1.10. The maximum absolute atomic E-state index is 12.7. The molecule has 2 heterocycles. The number of hydrogen-bond donors (Lipinski definition) is 3. The van der Waals surface area contributed by atoms with Crippen molar-refractivity contribution in [2.45, 2.75) is 19.4 Å². The summed E-state index contributed by atoms with van der Waals surface area (Å²) < 4.78 is 10.7. The lowest BCUT2D eigenvalue weighted by Gasteiger charge is -2.22. The minimum Gasteiger partial charge on any atom is -0.454 e. The van der Waals surface area contributed by atoms with E-state index >= 15 is 0 Å². The minimum absolute atomic E-state index is 0.0222. The van der Waals surface area contributed by atoms with Gasteiger partial charge in [0.05, 0.1) is 11.3 Å². The first-order chi connectivity index (χ1) is 13.7. The highest BCUT2D eigenvalue weighted by atomic mass is 16.7. The first-order valence-electron chi connectivity index (χ1n) is 9.48. The molecule has 146 valence electrons. The summed E-state index contributed by atoms with van der Waals surface area (Å²) in [5, 5.41) is 9.08. The number of benzene rings is 2. The summed E-state index contributed by atoms with van der Waals surface area (Å²) in [6, 6.07) is 12.6. The Balaban J connectivity index is 1.40. The molecule has 28 heavy (non-hydrogen) atoms. The number of rotatable bonds is 5. The van der Waals surface area contributed by atoms with Crippen LogP contribution in [0.5, 0.6) is 11.5 Å². The van der Waals surface area contributed by atoms with Gasteiger partial charge in [0.25, 0.3) is 5.91 Å². The van der Waals surface area contributed by atoms with Gasteiger partial charge in [-0.3, -0.25) is 9.59 Å². The van der Waals surface area contributed by atoms with Gasteiger partial charge in [-0.25, -0.2) is 0 Å². The lowest BCUT2D eigenvalue weighted by atomic mass is 9.97. The second-order valence-electron chi connectivity index (χ2n) is 6.93. The lowest BCUT2D eigenvalue weighted by molar-refractivity contribution is -0.120. The summed E-state index contributed by atoms with van der Waals surface area (Å²) in [7, 11) is 0. The van der Waals surface area contributed by atoms with Gasteiger partial charge in [0.1, 0.15) is 0 Å². The summed E-state index contributed by atoms with van der Waals surface area (Å²) in [6.07, 6.45) is 1.62. The number of anilines is 1. The van der Waals surface area contributed by atoms with Crippen molar-refractivity contribution in [2.75, 3.05) is 25.2 Å². The largest absolute Gasteiger partial charge is 0.454 e. The third kappa shape index (κ3) is 4.09. The van der Waals surface area contributed by atoms with Gasteiger partial charge < -0.3 is 25.4 Å². The van der Waals surface area contributed by atoms with Crippen molar-refractivity contribution in [1.82, 2.24) is 10.6 Å². The molecule has 2 amide bonds. The van der Waals surface area contributed by atoms with Crippen molar-refractivity contribution in [2.24, 2.45) is 5.92 Å². The van der Waals surface area contributed by atoms with E-state index in [1.54, 1.807) is 18.2 Å². The van der Waals surface area contributed by atoms with Crippen LogP contribution in [0.1, 0.15) is 28.8 Å². The number of ether oxygens (including phenoxy) is 2. The minimum atomic E-state index is -0.237. The van der Waals surface area contributed by atoms with Gasteiger partial charge in [0.15, 0.2) is 11.5 Å². The van der Waals surface area contributed by atoms with Crippen molar-refractivity contribution in [1.29, 1.82) is 0 Å². The molecule has 1 fully saturated rings. The van der Waals surface area contributed by atoms with E-state index in [2.05, 4.69) is 16.0 Å². The molecule has 2 aliphatic rings. The van der Waals surface area contributed by atoms with E-state index < -0.39 is 0 Å². The van der Waals surface area contributed by atoms with Crippen LogP contribution < -0.4 is 25.4 Å². The van der Waals surface area contributed by atoms with E-state index in [4.69, 9.17) is 9.47 Å². The highest BCUT2D eigenvalue weighted by molar-refractivity contribution is 6.04. The Hall–Kier alpha value is -3.06. The molecule has 0 atom stereocenters. The van der Waals surface area contributed by atoms with Crippen LogP contribution >= 0.6 is 0 Å². The molecule has 4 rings (SSSR count). The Labute approximate surface area is 163 Å². The SMILES string of the molecule is O=C(NCc1ccc2c(c1)OCO2)c1ccccc1NC(=O)C1CCNCC1. The standard InChI is InChI=1S/C21H23N3O4/c25-20(15-7-9-22-10-8-15)24-17-4-2-1-3-16(17)21(26)23-12-14-5-6-18-19(11-14)28-13-27-18/h1-6,11,15,22H,7-10,12-13H2,(H,23,26)(H,24,25). The average molecular weight is 381 g/mol. The molecular formula is C21H23N3O4. The van der Waals surface area contributed by atoms with Crippen LogP contribution in [0.4, 0.5) is 5.69 Å². The molecule has 0 spiro atoms. The Bertz CT molecular complexity index is 878. The van der Waals surface area contributed by atoms with Crippen molar-refractivity contribution in [3.8, 4) is 11.5 Å². The molecule has 0 aliphatic carbocycles. The van der Waals surface area contributed by atoms with E-state index in [1.807, 2.05) is 24.3 Å². The van der Waals surface area contributed by atoms with E-state index in [-0.39, 0.29) is 24.5 Å². The smallest absolute Gasteiger partial charge is 0.253 e. The van der Waals surface area contributed by atoms with Gasteiger partial charge in [0.2, 0.25) is 12.7 Å². The number of piperidine rings is 1. The van der Waals surface area contributed by atoms with Gasteiger partial charge >= 0.3 is 0 Å². The number of carbonyl (C=O) groups is 2. The fourth-order valence-electron chi connectivity index (χ4n) is 3.44. The average Bonchev–Trinajstić information content (AvgIpc) is 3.21. The molecule has 7 heteroatoms. The zero-order valence-corrected chi connectivity index (χ0v) is 15.5. The molecular weight excluding hydrogens is 358 g/mol. The number of para-hydroxylation sites is 1. The molecule has 0 radical (unpaired) electrons. The molecule has 1 saturated heterocycles. The fourth-order valence-corrected chi connectivity index (χ4v) is 3.44. The van der Waals surface area contributed by atoms with Crippen LogP contribution in [0, 0.1) is 5.92 Å². The topological polar surface area (TPSA) is 88.7 Å². The Morgan fingerprint density at radius 2 is 1.82 bits per heavy atom. The predicted octanol–water partition coefficient (Wildman–Crippen LogP) is 2.28. The number of fused-ring (bicyclic) bond motifs is 1. The molecule has 2 aromatic carbocycles. The van der Waals surface area contributed by atoms with Crippen LogP contribution in [0.15, 0.2) is 42.5 Å². The van der Waals surface area contributed by atoms with Crippen molar-refractivity contribution in [3.63, 3.8) is 0 Å². The van der Waals surface area contributed by atoms with Crippen molar-refractivity contribution in [3.05, 3.63) is 53.6 Å². The summed E-state index contributed by atoms with van der Waals surface area (Å²) in [6.45, 7) is 2.26. The van der Waals surface area contributed by atoms with Gasteiger partial charge in [0, 0.05) is 12.5 Å². The molecule has 7 nitrogen and oxygen atoms in total. The second-order valence-corrected chi connectivity index (χ2v) is 6.93.